The van der Waals surface area contributed by atoms with Crippen molar-refractivity contribution in [2.24, 2.45) is 0 Å². The highest BCUT2D eigenvalue weighted by Crippen LogP contribution is 2.24. The van der Waals surface area contributed by atoms with Crippen LogP contribution >= 0.6 is 43.5 Å². The number of nitrogens with one attached hydrogen (secondary N) is 3. The summed E-state index contributed by atoms with van der Waals surface area (Å²) in [6.45, 7) is 0.330. The van der Waals surface area contributed by atoms with Gasteiger partial charge >= 0.3 is 6.03 Å². The van der Waals surface area contributed by atoms with Crippen LogP contribution in [-0.4, -0.2) is 30.2 Å². The quantitative estimate of drug-likeness (QED) is 0.432. The summed E-state index contributed by atoms with van der Waals surface area (Å²) in [5.41, 5.74) is 1.17. The van der Waals surface area contributed by atoms with Gasteiger partial charge in [-0.2, -0.15) is 0 Å². The second-order valence-corrected chi connectivity index (χ2v) is 7.53. The molecule has 0 aliphatic carbocycles. The van der Waals surface area contributed by atoms with E-state index < -0.39 is 6.03 Å². The first-order valence-electron chi connectivity index (χ1n) is 7.62. The summed E-state index contributed by atoms with van der Waals surface area (Å²) in [7, 11) is 0. The highest BCUT2D eigenvalue weighted by molar-refractivity contribution is 9.10. The van der Waals surface area contributed by atoms with Crippen LogP contribution in [0.25, 0.3) is 0 Å². The van der Waals surface area contributed by atoms with E-state index in [1.54, 1.807) is 36.4 Å². The molecular formula is C17H16Br2ClN3O3. The smallest absolute Gasteiger partial charge is 0.323 e. The SMILES string of the molecule is O=C(Nc1cc(Cl)cc(Br)c1)Nc1cc(Br)ccc1C(=O)NCCCO. The Balaban J connectivity index is 2.13. The van der Waals surface area contributed by atoms with Gasteiger partial charge in [-0.25, -0.2) is 4.79 Å². The predicted octanol–water partition coefficient (Wildman–Crippen LogP) is 4.62. The lowest BCUT2D eigenvalue weighted by Gasteiger charge is -2.13. The third kappa shape index (κ3) is 6.28. The maximum atomic E-state index is 12.3. The molecule has 0 saturated heterocycles. The molecule has 6 nitrogen and oxygen atoms in total. The van der Waals surface area contributed by atoms with Gasteiger partial charge in [-0.1, -0.05) is 43.5 Å². The fourth-order valence-electron chi connectivity index (χ4n) is 2.10. The Kier molecular flexibility index (Phi) is 7.89. The van der Waals surface area contributed by atoms with Gasteiger partial charge < -0.3 is 21.1 Å². The minimum Gasteiger partial charge on any atom is -0.396 e. The molecule has 0 aliphatic rings. The van der Waals surface area contributed by atoms with E-state index in [9.17, 15) is 9.59 Å². The van der Waals surface area contributed by atoms with Crippen LogP contribution in [-0.2, 0) is 0 Å². The van der Waals surface area contributed by atoms with Gasteiger partial charge in [-0.05, 0) is 42.8 Å². The Morgan fingerprint density at radius 2 is 1.81 bits per heavy atom. The van der Waals surface area contributed by atoms with Gasteiger partial charge in [-0.15, -0.1) is 0 Å². The Bertz CT molecular complexity index is 798. The average molecular weight is 506 g/mol. The Morgan fingerprint density at radius 1 is 1.04 bits per heavy atom. The molecule has 0 aliphatic heterocycles. The molecule has 0 unspecified atom stereocenters. The van der Waals surface area contributed by atoms with Crippen molar-refractivity contribution in [1.29, 1.82) is 0 Å². The molecule has 0 fully saturated rings. The highest BCUT2D eigenvalue weighted by atomic mass is 79.9. The molecule has 0 saturated carbocycles. The lowest BCUT2D eigenvalue weighted by atomic mass is 10.1. The number of carbonyl (C=O) groups excluding carboxylic acids is 2. The minimum absolute atomic E-state index is 0.0106. The van der Waals surface area contributed by atoms with E-state index in [1.165, 1.54) is 0 Å². The summed E-state index contributed by atoms with van der Waals surface area (Å²) in [5.74, 6) is -0.341. The van der Waals surface area contributed by atoms with Crippen molar-refractivity contribution in [2.45, 2.75) is 6.42 Å². The fourth-order valence-corrected chi connectivity index (χ4v) is 3.33. The first kappa shape index (κ1) is 20.7. The number of aliphatic hydroxyl groups excluding tert-OH is 1. The number of urea groups is 1. The van der Waals surface area contributed by atoms with E-state index in [2.05, 4.69) is 47.8 Å². The molecule has 138 valence electrons. The largest absolute Gasteiger partial charge is 0.396 e. The zero-order chi connectivity index (χ0) is 19.1. The van der Waals surface area contributed by atoms with Crippen molar-refractivity contribution >= 4 is 66.8 Å². The predicted molar refractivity (Wildman–Crippen MR) is 110 cm³/mol. The molecule has 26 heavy (non-hydrogen) atoms. The van der Waals surface area contributed by atoms with E-state index >= 15 is 0 Å². The van der Waals surface area contributed by atoms with Gasteiger partial charge in [0, 0.05) is 32.8 Å². The molecule has 0 bridgehead atoms. The third-order valence-electron chi connectivity index (χ3n) is 3.22. The molecule has 0 radical (unpaired) electrons. The van der Waals surface area contributed by atoms with E-state index in [-0.39, 0.29) is 12.5 Å². The summed E-state index contributed by atoms with van der Waals surface area (Å²) in [4.78, 5) is 24.6. The molecule has 0 aromatic heterocycles. The van der Waals surface area contributed by atoms with E-state index in [0.29, 0.717) is 39.4 Å². The van der Waals surface area contributed by atoms with E-state index in [1.807, 2.05) is 0 Å². The molecule has 0 spiro atoms. The van der Waals surface area contributed by atoms with Crippen LogP contribution in [0, 0.1) is 0 Å². The topological polar surface area (TPSA) is 90.5 Å². The molecule has 3 amide bonds. The van der Waals surface area contributed by atoms with Crippen molar-refractivity contribution in [1.82, 2.24) is 5.32 Å². The monoisotopic (exact) mass is 503 g/mol. The van der Waals surface area contributed by atoms with Gasteiger partial charge in [0.15, 0.2) is 0 Å². The van der Waals surface area contributed by atoms with Gasteiger partial charge in [0.2, 0.25) is 0 Å². The van der Waals surface area contributed by atoms with Gasteiger partial charge in [0.1, 0.15) is 0 Å². The van der Waals surface area contributed by atoms with Gasteiger partial charge in [-0.3, -0.25) is 4.79 Å². The second-order valence-electron chi connectivity index (χ2n) is 5.26. The van der Waals surface area contributed by atoms with Crippen LogP contribution in [0.5, 0.6) is 0 Å². The first-order valence-corrected chi connectivity index (χ1v) is 9.58. The number of halogens is 3. The number of aliphatic hydroxyl groups is 1. The zero-order valence-electron chi connectivity index (χ0n) is 13.5. The molecule has 4 N–H and O–H groups in total. The van der Waals surface area contributed by atoms with Crippen LogP contribution in [0.4, 0.5) is 16.2 Å². The number of benzene rings is 2. The van der Waals surface area contributed by atoms with Crippen LogP contribution in [0.1, 0.15) is 16.8 Å². The fraction of sp³-hybridized carbons (Fsp3) is 0.176. The standard InChI is InChI=1S/C17H16Br2ClN3O3/c18-10-2-3-14(16(25)21-4-1-5-24)15(8-10)23-17(26)22-13-7-11(19)6-12(20)9-13/h2-3,6-9,24H,1,4-5H2,(H,21,25)(H2,22,23,26). The van der Waals surface area contributed by atoms with Crippen LogP contribution in [0.2, 0.25) is 5.02 Å². The normalized spacial score (nSPS) is 10.3. The summed E-state index contributed by atoms with van der Waals surface area (Å²) in [6, 6.07) is 9.44. The average Bonchev–Trinajstić information content (AvgIpc) is 2.53. The first-order chi connectivity index (χ1) is 12.4. The van der Waals surface area contributed by atoms with Crippen molar-refractivity contribution < 1.29 is 14.7 Å². The summed E-state index contributed by atoms with van der Waals surface area (Å²) < 4.78 is 1.44. The number of anilines is 2. The molecule has 0 atom stereocenters. The van der Waals surface area contributed by atoms with Crippen molar-refractivity contribution in [2.75, 3.05) is 23.8 Å². The zero-order valence-corrected chi connectivity index (χ0v) is 17.4. The molecule has 2 aromatic carbocycles. The number of amides is 3. The van der Waals surface area contributed by atoms with Crippen molar-refractivity contribution in [3.05, 3.63) is 55.9 Å². The minimum atomic E-state index is -0.512. The van der Waals surface area contributed by atoms with E-state index in [4.69, 9.17) is 16.7 Å². The second kappa shape index (κ2) is 9.91. The molecule has 2 rings (SSSR count). The van der Waals surface area contributed by atoms with E-state index in [0.717, 1.165) is 4.47 Å². The summed E-state index contributed by atoms with van der Waals surface area (Å²) >= 11 is 12.6. The lowest BCUT2D eigenvalue weighted by Crippen LogP contribution is -2.27. The lowest BCUT2D eigenvalue weighted by molar-refractivity contribution is 0.0952. The Morgan fingerprint density at radius 3 is 2.50 bits per heavy atom. The van der Waals surface area contributed by atoms with Crippen molar-refractivity contribution in [3.8, 4) is 0 Å². The maximum Gasteiger partial charge on any atom is 0.323 e. The number of hydrogen-bond donors (Lipinski definition) is 4. The van der Waals surface area contributed by atoms with Crippen LogP contribution < -0.4 is 16.0 Å². The Hall–Kier alpha value is -1.61. The third-order valence-corrected chi connectivity index (χ3v) is 4.38. The molecule has 2 aromatic rings. The molecule has 0 heterocycles. The highest BCUT2D eigenvalue weighted by Gasteiger charge is 2.14. The summed E-state index contributed by atoms with van der Waals surface area (Å²) in [6.07, 6.45) is 0.454. The number of carbonyl (C=O) groups is 2. The number of hydrogen-bond acceptors (Lipinski definition) is 3. The van der Waals surface area contributed by atoms with Crippen LogP contribution in [0.15, 0.2) is 45.3 Å². The summed E-state index contributed by atoms with van der Waals surface area (Å²) in [5, 5.41) is 17.3. The van der Waals surface area contributed by atoms with Gasteiger partial charge in [0.05, 0.1) is 11.3 Å². The molecule has 9 heteroatoms. The van der Waals surface area contributed by atoms with Crippen LogP contribution in [0.3, 0.4) is 0 Å². The van der Waals surface area contributed by atoms with Gasteiger partial charge in [0.25, 0.3) is 5.91 Å². The Labute approximate surface area is 172 Å². The number of rotatable bonds is 6. The van der Waals surface area contributed by atoms with Crippen molar-refractivity contribution in [3.63, 3.8) is 0 Å². The maximum absolute atomic E-state index is 12.3. The molecular weight excluding hydrogens is 489 g/mol.